The molecule has 21 heavy (non-hydrogen) atoms. The molecule has 0 radical (unpaired) electrons. The Labute approximate surface area is 130 Å². The third-order valence-electron chi connectivity index (χ3n) is 4.02. The summed E-state index contributed by atoms with van der Waals surface area (Å²) in [6.07, 6.45) is 4.97. The highest BCUT2D eigenvalue weighted by Crippen LogP contribution is 2.33. The topological polar surface area (TPSA) is 39.9 Å². The van der Waals surface area contributed by atoms with Crippen molar-refractivity contribution >= 4 is 11.6 Å². The zero-order chi connectivity index (χ0) is 14.7. The summed E-state index contributed by atoms with van der Waals surface area (Å²) in [5.74, 6) is 2.36. The van der Waals surface area contributed by atoms with Gasteiger partial charge in [0.2, 0.25) is 0 Å². The molecule has 5 heteroatoms. The fourth-order valence-corrected chi connectivity index (χ4v) is 3.18. The van der Waals surface area contributed by atoms with Crippen LogP contribution in [0.25, 0.3) is 0 Å². The van der Waals surface area contributed by atoms with E-state index in [0.29, 0.717) is 19.1 Å². The Balaban J connectivity index is 1.90. The molecular weight excluding hydrogens is 286 g/mol. The minimum atomic E-state index is 0.454. The Kier molecular flexibility index (Phi) is 4.56. The van der Waals surface area contributed by atoms with Crippen LogP contribution in [0.5, 0.6) is 0 Å². The second kappa shape index (κ2) is 6.58. The molecular formula is C16H20ClN3O. The highest BCUT2D eigenvalue weighted by Gasteiger charge is 2.24. The van der Waals surface area contributed by atoms with Gasteiger partial charge in [-0.1, -0.05) is 42.6 Å². The zero-order valence-corrected chi connectivity index (χ0v) is 13.0. The molecule has 1 aromatic carbocycles. The van der Waals surface area contributed by atoms with Crippen LogP contribution in [-0.4, -0.2) is 21.9 Å². The smallest absolute Gasteiger partial charge is 0.176 e. The number of nitrogens with zero attached hydrogens (tertiary/aromatic N) is 3. The average molecular weight is 306 g/mol. The van der Waals surface area contributed by atoms with E-state index in [-0.39, 0.29) is 0 Å². The highest BCUT2D eigenvalue weighted by atomic mass is 35.5. The van der Waals surface area contributed by atoms with Crippen LogP contribution >= 0.6 is 11.6 Å². The predicted molar refractivity (Wildman–Crippen MR) is 82.5 cm³/mol. The zero-order valence-electron chi connectivity index (χ0n) is 12.3. The minimum Gasteiger partial charge on any atom is -0.377 e. The molecule has 1 aliphatic rings. The summed E-state index contributed by atoms with van der Waals surface area (Å²) in [6, 6.07) is 7.91. The molecule has 1 fully saturated rings. The number of aromatic nitrogens is 3. The summed E-state index contributed by atoms with van der Waals surface area (Å²) in [7, 11) is 1.67. The summed E-state index contributed by atoms with van der Waals surface area (Å²) in [5.41, 5.74) is 1.08. The lowest BCUT2D eigenvalue weighted by Crippen LogP contribution is -2.10. The molecule has 0 bridgehead atoms. The Hall–Kier alpha value is -1.39. The lowest BCUT2D eigenvalue weighted by molar-refractivity contribution is 0.177. The molecule has 0 saturated heterocycles. The molecule has 0 spiro atoms. The van der Waals surface area contributed by atoms with Crippen molar-refractivity contribution in [2.75, 3.05) is 7.11 Å². The van der Waals surface area contributed by atoms with Crippen LogP contribution in [0.2, 0.25) is 5.02 Å². The van der Waals surface area contributed by atoms with E-state index >= 15 is 0 Å². The van der Waals surface area contributed by atoms with Crippen molar-refractivity contribution in [2.24, 2.45) is 0 Å². The Morgan fingerprint density at radius 3 is 2.76 bits per heavy atom. The molecule has 3 rings (SSSR count). The van der Waals surface area contributed by atoms with Gasteiger partial charge < -0.3 is 4.74 Å². The Morgan fingerprint density at radius 2 is 2.05 bits per heavy atom. The first-order valence-electron chi connectivity index (χ1n) is 7.44. The first-order chi connectivity index (χ1) is 10.3. The van der Waals surface area contributed by atoms with E-state index in [2.05, 4.69) is 5.10 Å². The molecule has 0 unspecified atom stereocenters. The maximum atomic E-state index is 6.27. The molecule has 0 N–H and O–H groups in total. The quantitative estimate of drug-likeness (QED) is 0.844. The van der Waals surface area contributed by atoms with Crippen molar-refractivity contribution in [3.63, 3.8) is 0 Å². The number of methoxy groups -OCH3 is 1. The van der Waals surface area contributed by atoms with E-state index in [1.807, 2.05) is 28.9 Å². The van der Waals surface area contributed by atoms with Crippen LogP contribution in [0.4, 0.5) is 0 Å². The summed E-state index contributed by atoms with van der Waals surface area (Å²) < 4.78 is 7.17. The predicted octanol–water partition coefficient (Wildman–Crippen LogP) is 3.78. The van der Waals surface area contributed by atoms with Crippen LogP contribution in [0.1, 0.15) is 48.8 Å². The third kappa shape index (κ3) is 3.27. The third-order valence-corrected chi connectivity index (χ3v) is 4.38. The summed E-state index contributed by atoms with van der Waals surface area (Å²) >= 11 is 6.27. The number of halogens is 1. The van der Waals surface area contributed by atoms with E-state index in [1.165, 1.54) is 25.7 Å². The van der Waals surface area contributed by atoms with Crippen LogP contribution in [-0.2, 0) is 17.9 Å². The van der Waals surface area contributed by atoms with Gasteiger partial charge in [0.25, 0.3) is 0 Å². The molecule has 1 saturated carbocycles. The summed E-state index contributed by atoms with van der Waals surface area (Å²) in [4.78, 5) is 4.69. The highest BCUT2D eigenvalue weighted by molar-refractivity contribution is 6.31. The standard InChI is InChI=1S/C16H20ClN3O/c1-21-11-15-18-16(12-6-2-3-7-12)20(19-15)10-13-8-4-5-9-14(13)17/h4-5,8-9,12H,2-3,6-7,10-11H2,1H3. The number of rotatable bonds is 5. The van der Waals surface area contributed by atoms with Crippen LogP contribution in [0.3, 0.4) is 0 Å². The molecule has 2 aromatic rings. The molecule has 0 amide bonds. The van der Waals surface area contributed by atoms with Crippen molar-refractivity contribution in [3.05, 3.63) is 46.5 Å². The first kappa shape index (κ1) is 14.5. The van der Waals surface area contributed by atoms with E-state index in [4.69, 9.17) is 21.3 Å². The first-order valence-corrected chi connectivity index (χ1v) is 7.81. The summed E-state index contributed by atoms with van der Waals surface area (Å²) in [5, 5.41) is 5.38. The normalized spacial score (nSPS) is 15.7. The fraction of sp³-hybridized carbons (Fsp3) is 0.500. The second-order valence-corrected chi connectivity index (χ2v) is 5.96. The number of hydrogen-bond donors (Lipinski definition) is 0. The lowest BCUT2D eigenvalue weighted by atomic mass is 10.1. The van der Waals surface area contributed by atoms with Crippen LogP contribution in [0, 0.1) is 0 Å². The molecule has 1 heterocycles. The fourth-order valence-electron chi connectivity index (χ4n) is 2.98. The van der Waals surface area contributed by atoms with Crippen molar-refractivity contribution in [1.82, 2.24) is 14.8 Å². The van der Waals surface area contributed by atoms with Gasteiger partial charge in [0.1, 0.15) is 12.4 Å². The van der Waals surface area contributed by atoms with Crippen LogP contribution in [0.15, 0.2) is 24.3 Å². The molecule has 0 aliphatic heterocycles. The maximum absolute atomic E-state index is 6.27. The van der Waals surface area contributed by atoms with Crippen molar-refractivity contribution in [2.45, 2.75) is 44.8 Å². The minimum absolute atomic E-state index is 0.454. The van der Waals surface area contributed by atoms with Crippen LogP contribution < -0.4 is 0 Å². The van der Waals surface area contributed by atoms with Crippen molar-refractivity contribution in [3.8, 4) is 0 Å². The van der Waals surface area contributed by atoms with E-state index in [0.717, 1.165) is 22.2 Å². The molecule has 112 valence electrons. The van der Waals surface area contributed by atoms with Crippen molar-refractivity contribution in [1.29, 1.82) is 0 Å². The summed E-state index contributed by atoms with van der Waals surface area (Å²) in [6.45, 7) is 1.12. The van der Waals surface area contributed by atoms with Gasteiger partial charge in [-0.05, 0) is 24.5 Å². The number of ether oxygens (including phenoxy) is 1. The van der Waals surface area contributed by atoms with E-state index in [9.17, 15) is 0 Å². The van der Waals surface area contributed by atoms with Gasteiger partial charge in [0, 0.05) is 18.1 Å². The Bertz CT molecular complexity index is 605. The monoisotopic (exact) mass is 305 g/mol. The van der Waals surface area contributed by atoms with Gasteiger partial charge in [-0.3, -0.25) is 0 Å². The molecule has 0 atom stereocenters. The van der Waals surface area contributed by atoms with Gasteiger partial charge >= 0.3 is 0 Å². The molecule has 4 nitrogen and oxygen atoms in total. The van der Waals surface area contributed by atoms with E-state index < -0.39 is 0 Å². The largest absolute Gasteiger partial charge is 0.377 e. The molecule has 1 aromatic heterocycles. The SMILES string of the molecule is COCc1nc(C2CCCC2)n(Cc2ccccc2Cl)n1. The van der Waals surface area contributed by atoms with Gasteiger partial charge in [-0.15, -0.1) is 0 Å². The lowest BCUT2D eigenvalue weighted by Gasteiger charge is -2.11. The van der Waals surface area contributed by atoms with Gasteiger partial charge in [-0.2, -0.15) is 5.10 Å². The van der Waals surface area contributed by atoms with Crippen molar-refractivity contribution < 1.29 is 4.74 Å². The Morgan fingerprint density at radius 1 is 1.29 bits per heavy atom. The van der Waals surface area contributed by atoms with Gasteiger partial charge in [0.15, 0.2) is 5.82 Å². The second-order valence-electron chi connectivity index (χ2n) is 5.55. The van der Waals surface area contributed by atoms with Gasteiger partial charge in [0.05, 0.1) is 6.54 Å². The molecule has 1 aliphatic carbocycles. The van der Waals surface area contributed by atoms with E-state index in [1.54, 1.807) is 7.11 Å². The number of benzene rings is 1. The number of hydrogen-bond acceptors (Lipinski definition) is 3. The van der Waals surface area contributed by atoms with Gasteiger partial charge in [-0.25, -0.2) is 9.67 Å². The maximum Gasteiger partial charge on any atom is 0.176 e. The average Bonchev–Trinajstić information content (AvgIpc) is 3.11.